The van der Waals surface area contributed by atoms with Crippen molar-refractivity contribution in [2.45, 2.75) is 19.4 Å². The van der Waals surface area contributed by atoms with E-state index in [1.165, 1.54) is 11.1 Å². The van der Waals surface area contributed by atoms with Crippen LogP contribution in [-0.2, 0) is 6.42 Å². The van der Waals surface area contributed by atoms with Gasteiger partial charge in [0.15, 0.2) is 0 Å². The average Bonchev–Trinajstić information content (AvgIpc) is 2.82. The first-order chi connectivity index (χ1) is 9.61. The number of hydrogen-bond donors (Lipinski definition) is 1. The van der Waals surface area contributed by atoms with Crippen LogP contribution in [0.4, 0.5) is 5.69 Å². The van der Waals surface area contributed by atoms with E-state index in [1.807, 2.05) is 18.2 Å². The van der Waals surface area contributed by atoms with Crippen molar-refractivity contribution in [3.8, 4) is 5.75 Å². The molecule has 0 saturated heterocycles. The summed E-state index contributed by atoms with van der Waals surface area (Å²) in [4.78, 5) is 0. The van der Waals surface area contributed by atoms with Crippen LogP contribution < -0.4 is 10.1 Å². The summed E-state index contributed by atoms with van der Waals surface area (Å²) < 4.78 is 5.92. The summed E-state index contributed by atoms with van der Waals surface area (Å²) in [7, 11) is 0. The Balaban J connectivity index is 1.62. The van der Waals surface area contributed by atoms with Crippen LogP contribution in [0.3, 0.4) is 0 Å². The summed E-state index contributed by atoms with van der Waals surface area (Å²) in [6.07, 6.45) is 1.09. The van der Waals surface area contributed by atoms with Crippen molar-refractivity contribution >= 4 is 28.9 Å². The van der Waals surface area contributed by atoms with Crippen LogP contribution in [0, 0.1) is 6.92 Å². The van der Waals surface area contributed by atoms with Crippen molar-refractivity contribution in [3.63, 3.8) is 0 Å². The Hall–Kier alpha value is -1.38. The Morgan fingerprint density at radius 1 is 1.15 bits per heavy atom. The number of nitrogens with one attached hydrogen (secondary N) is 1. The molecule has 2 nitrogen and oxygen atoms in total. The number of anilines is 1. The molecule has 1 aliphatic rings. The van der Waals surface area contributed by atoms with Crippen molar-refractivity contribution in [1.29, 1.82) is 0 Å². The minimum atomic E-state index is 0.154. The first-order valence-corrected chi connectivity index (χ1v) is 7.32. The molecule has 1 N–H and O–H groups in total. The van der Waals surface area contributed by atoms with Gasteiger partial charge in [0.25, 0.3) is 0 Å². The van der Waals surface area contributed by atoms with Gasteiger partial charge in [-0.05, 0) is 36.8 Å². The smallest absolute Gasteiger partial charge is 0.123 e. The Bertz CT molecular complexity index is 642. The van der Waals surface area contributed by atoms with Gasteiger partial charge in [-0.1, -0.05) is 40.9 Å². The number of fused-ring (bicyclic) bond motifs is 1. The lowest BCUT2D eigenvalue weighted by Crippen LogP contribution is -2.23. The number of rotatable bonds is 3. The zero-order valence-corrected chi connectivity index (χ0v) is 12.6. The van der Waals surface area contributed by atoms with Crippen LogP contribution in [0.1, 0.15) is 11.1 Å². The van der Waals surface area contributed by atoms with Crippen molar-refractivity contribution in [2.24, 2.45) is 0 Å². The molecular formula is C16H15Cl2NO. The molecule has 4 heteroatoms. The Morgan fingerprint density at radius 3 is 2.80 bits per heavy atom. The zero-order chi connectivity index (χ0) is 14.1. The van der Waals surface area contributed by atoms with Crippen molar-refractivity contribution in [2.75, 3.05) is 11.9 Å². The average molecular weight is 308 g/mol. The maximum atomic E-state index is 6.00. The van der Waals surface area contributed by atoms with Gasteiger partial charge in [0.2, 0.25) is 0 Å². The van der Waals surface area contributed by atoms with Crippen molar-refractivity contribution < 1.29 is 4.74 Å². The fourth-order valence-electron chi connectivity index (χ4n) is 2.40. The lowest BCUT2D eigenvalue weighted by Gasteiger charge is -2.13. The van der Waals surface area contributed by atoms with Crippen molar-refractivity contribution in [1.82, 2.24) is 0 Å². The number of aryl methyl sites for hydroxylation is 1. The van der Waals surface area contributed by atoms with E-state index < -0.39 is 0 Å². The molecule has 0 aromatic heterocycles. The molecule has 1 atom stereocenters. The molecule has 0 amide bonds. The minimum Gasteiger partial charge on any atom is -0.488 e. The second-order valence-corrected chi connectivity index (χ2v) is 5.88. The lowest BCUT2D eigenvalue weighted by molar-refractivity contribution is 0.246. The topological polar surface area (TPSA) is 21.3 Å². The van der Waals surface area contributed by atoms with Gasteiger partial charge in [-0.2, -0.15) is 0 Å². The third-order valence-corrected chi connectivity index (χ3v) is 4.15. The molecule has 20 heavy (non-hydrogen) atoms. The predicted molar refractivity (Wildman–Crippen MR) is 84.3 cm³/mol. The number of ether oxygens (including phenoxy) is 1. The monoisotopic (exact) mass is 307 g/mol. The summed E-state index contributed by atoms with van der Waals surface area (Å²) in [6.45, 7) is 2.84. The largest absolute Gasteiger partial charge is 0.488 e. The standard InChI is InChI=1S/C16H15Cl2NO/c1-10-2-5-16-11(6-10)7-13(20-16)9-19-12-3-4-14(17)15(18)8-12/h2-6,8,13,19H,7,9H2,1H3. The Labute approximate surface area is 128 Å². The fourth-order valence-corrected chi connectivity index (χ4v) is 2.70. The maximum absolute atomic E-state index is 6.00. The maximum Gasteiger partial charge on any atom is 0.123 e. The molecule has 2 aromatic rings. The van der Waals surface area contributed by atoms with E-state index in [4.69, 9.17) is 27.9 Å². The molecule has 1 aliphatic heterocycles. The summed E-state index contributed by atoms with van der Waals surface area (Å²) in [5.74, 6) is 0.997. The van der Waals surface area contributed by atoms with Gasteiger partial charge in [-0.15, -0.1) is 0 Å². The van der Waals surface area contributed by atoms with Gasteiger partial charge in [0.1, 0.15) is 11.9 Å². The molecule has 2 aromatic carbocycles. The summed E-state index contributed by atoms with van der Waals surface area (Å²) in [5, 5.41) is 4.46. The van der Waals surface area contributed by atoms with Crippen LogP contribution in [0.25, 0.3) is 0 Å². The fraction of sp³-hybridized carbons (Fsp3) is 0.250. The minimum absolute atomic E-state index is 0.154. The molecule has 0 spiro atoms. The molecule has 0 aliphatic carbocycles. The first-order valence-electron chi connectivity index (χ1n) is 6.57. The molecular weight excluding hydrogens is 293 g/mol. The summed E-state index contributed by atoms with van der Waals surface area (Å²) in [6, 6.07) is 11.8. The quantitative estimate of drug-likeness (QED) is 0.886. The summed E-state index contributed by atoms with van der Waals surface area (Å²) >= 11 is 11.9. The molecule has 0 saturated carbocycles. The molecule has 104 valence electrons. The number of hydrogen-bond acceptors (Lipinski definition) is 2. The number of benzene rings is 2. The van der Waals surface area contributed by atoms with E-state index in [0.717, 1.165) is 24.4 Å². The van der Waals surface area contributed by atoms with Crippen LogP contribution in [0.15, 0.2) is 36.4 Å². The SMILES string of the molecule is Cc1ccc2c(c1)CC(CNc1ccc(Cl)c(Cl)c1)O2. The normalized spacial score (nSPS) is 16.6. The predicted octanol–water partition coefficient (Wildman–Crippen LogP) is 4.72. The molecule has 0 bridgehead atoms. The third kappa shape index (κ3) is 2.87. The van der Waals surface area contributed by atoms with Gasteiger partial charge in [-0.25, -0.2) is 0 Å². The highest BCUT2D eigenvalue weighted by Crippen LogP contribution is 2.30. The molecule has 0 fully saturated rings. The van der Waals surface area contributed by atoms with Gasteiger partial charge in [-0.3, -0.25) is 0 Å². The van der Waals surface area contributed by atoms with Gasteiger partial charge < -0.3 is 10.1 Å². The summed E-state index contributed by atoms with van der Waals surface area (Å²) in [5.41, 5.74) is 3.51. The van der Waals surface area contributed by atoms with E-state index >= 15 is 0 Å². The molecule has 1 unspecified atom stereocenters. The van der Waals surface area contributed by atoms with Crippen LogP contribution in [0.2, 0.25) is 10.0 Å². The van der Waals surface area contributed by atoms with E-state index in [9.17, 15) is 0 Å². The van der Waals surface area contributed by atoms with Crippen LogP contribution in [-0.4, -0.2) is 12.6 Å². The van der Waals surface area contributed by atoms with E-state index in [2.05, 4.69) is 24.4 Å². The van der Waals surface area contributed by atoms with E-state index in [1.54, 1.807) is 6.07 Å². The van der Waals surface area contributed by atoms with E-state index in [0.29, 0.717) is 10.0 Å². The van der Waals surface area contributed by atoms with Gasteiger partial charge >= 0.3 is 0 Å². The highest BCUT2D eigenvalue weighted by molar-refractivity contribution is 6.42. The third-order valence-electron chi connectivity index (χ3n) is 3.41. The zero-order valence-electron chi connectivity index (χ0n) is 11.1. The van der Waals surface area contributed by atoms with E-state index in [-0.39, 0.29) is 6.10 Å². The Kier molecular flexibility index (Phi) is 3.77. The van der Waals surface area contributed by atoms with Crippen LogP contribution in [0.5, 0.6) is 5.75 Å². The Morgan fingerprint density at radius 2 is 2.00 bits per heavy atom. The molecule has 0 radical (unpaired) electrons. The second kappa shape index (κ2) is 5.55. The second-order valence-electron chi connectivity index (χ2n) is 5.06. The highest BCUT2D eigenvalue weighted by Gasteiger charge is 2.22. The number of halogens is 2. The van der Waals surface area contributed by atoms with Gasteiger partial charge in [0, 0.05) is 12.1 Å². The highest BCUT2D eigenvalue weighted by atomic mass is 35.5. The first kappa shape index (κ1) is 13.6. The molecule has 1 heterocycles. The van der Waals surface area contributed by atoms with Crippen molar-refractivity contribution in [3.05, 3.63) is 57.6 Å². The van der Waals surface area contributed by atoms with Crippen LogP contribution >= 0.6 is 23.2 Å². The van der Waals surface area contributed by atoms with Gasteiger partial charge in [0.05, 0.1) is 16.6 Å². The molecule has 3 rings (SSSR count). The lowest BCUT2D eigenvalue weighted by atomic mass is 10.1.